The summed E-state index contributed by atoms with van der Waals surface area (Å²) in [6.07, 6.45) is 3.17. The van der Waals surface area contributed by atoms with Crippen molar-refractivity contribution in [2.45, 2.75) is 18.9 Å². The molecule has 1 saturated heterocycles. The highest BCUT2D eigenvalue weighted by molar-refractivity contribution is 7.12. The summed E-state index contributed by atoms with van der Waals surface area (Å²) in [6.45, 7) is 5.50. The van der Waals surface area contributed by atoms with Crippen molar-refractivity contribution in [2.24, 2.45) is 0 Å². The summed E-state index contributed by atoms with van der Waals surface area (Å²) < 4.78 is 0. The fraction of sp³-hybridized carbons (Fsp3) is 0.261. The summed E-state index contributed by atoms with van der Waals surface area (Å²) >= 11 is 1.35. The smallest absolute Gasteiger partial charge is 0.280 e. The van der Waals surface area contributed by atoms with E-state index in [1.165, 1.54) is 17.4 Å². The van der Waals surface area contributed by atoms with Crippen LogP contribution in [0, 0.1) is 0 Å². The molecule has 1 aliphatic heterocycles. The van der Waals surface area contributed by atoms with E-state index in [0.717, 1.165) is 53.6 Å². The van der Waals surface area contributed by atoms with Gasteiger partial charge in [-0.15, -0.1) is 11.3 Å². The largest absolute Gasteiger partial charge is 0.347 e. The van der Waals surface area contributed by atoms with E-state index < -0.39 is 0 Å². The first-order valence-electron chi connectivity index (χ1n) is 9.95. The van der Waals surface area contributed by atoms with Crippen LogP contribution in [0.2, 0.25) is 0 Å². The number of likely N-dealkylation sites (tertiary alicyclic amines) is 1. The molecule has 0 saturated carbocycles. The Bertz CT molecular complexity index is 1100. The van der Waals surface area contributed by atoms with E-state index in [-0.39, 0.29) is 17.9 Å². The summed E-state index contributed by atoms with van der Waals surface area (Å²) in [4.78, 5) is 31.2. The lowest BCUT2D eigenvalue weighted by atomic mass is 10.0. The molecular weight excluding hydrogens is 396 g/mol. The van der Waals surface area contributed by atoms with Gasteiger partial charge in [0.15, 0.2) is 5.01 Å². The van der Waals surface area contributed by atoms with Gasteiger partial charge in [-0.05, 0) is 56.6 Å². The molecule has 0 unspecified atom stereocenters. The van der Waals surface area contributed by atoms with Gasteiger partial charge >= 0.3 is 0 Å². The molecule has 1 fully saturated rings. The number of amides is 2. The molecular formula is C23H24N4O2S. The molecule has 0 aliphatic carbocycles. The van der Waals surface area contributed by atoms with Crippen LogP contribution in [0.25, 0.3) is 22.0 Å². The SMILES string of the molecule is C=CC(=O)Nc1cccc2ccc(-c3csc(C(=O)NC4CCN(C)CC4)n3)cc12. The predicted molar refractivity (Wildman–Crippen MR) is 122 cm³/mol. The average molecular weight is 421 g/mol. The zero-order valence-electron chi connectivity index (χ0n) is 16.9. The quantitative estimate of drug-likeness (QED) is 0.614. The lowest BCUT2D eigenvalue weighted by Gasteiger charge is -2.29. The van der Waals surface area contributed by atoms with Crippen LogP contribution < -0.4 is 10.6 Å². The zero-order chi connectivity index (χ0) is 21.1. The van der Waals surface area contributed by atoms with Gasteiger partial charge < -0.3 is 15.5 Å². The van der Waals surface area contributed by atoms with Crippen molar-refractivity contribution < 1.29 is 9.59 Å². The number of carbonyl (C=O) groups is 2. The molecule has 30 heavy (non-hydrogen) atoms. The van der Waals surface area contributed by atoms with Crippen LogP contribution in [-0.2, 0) is 4.79 Å². The highest BCUT2D eigenvalue weighted by atomic mass is 32.1. The monoisotopic (exact) mass is 420 g/mol. The zero-order valence-corrected chi connectivity index (χ0v) is 17.7. The van der Waals surface area contributed by atoms with Crippen molar-refractivity contribution >= 4 is 39.6 Å². The second-order valence-corrected chi connectivity index (χ2v) is 8.38. The third kappa shape index (κ3) is 4.42. The predicted octanol–water partition coefficient (Wildman–Crippen LogP) is 3.91. The molecule has 2 amide bonds. The van der Waals surface area contributed by atoms with Crippen LogP contribution in [0.4, 0.5) is 5.69 Å². The molecule has 2 heterocycles. The molecule has 7 heteroatoms. The molecule has 2 N–H and O–H groups in total. The standard InChI is InChI=1S/C23H24N4O2S/c1-3-21(28)25-19-6-4-5-15-7-8-16(13-18(15)19)20-14-30-23(26-20)22(29)24-17-9-11-27(2)12-10-17/h3-8,13-14,17H,1,9-12H2,2H3,(H,24,29)(H,25,28). The van der Waals surface area contributed by atoms with Gasteiger partial charge in [0, 0.05) is 28.1 Å². The van der Waals surface area contributed by atoms with Crippen LogP contribution in [0.5, 0.6) is 0 Å². The summed E-state index contributed by atoms with van der Waals surface area (Å²) in [5.41, 5.74) is 2.37. The average Bonchev–Trinajstić information content (AvgIpc) is 3.26. The van der Waals surface area contributed by atoms with Crippen molar-refractivity contribution in [3.05, 3.63) is 59.4 Å². The van der Waals surface area contributed by atoms with Gasteiger partial charge in [0.05, 0.1) is 5.69 Å². The van der Waals surface area contributed by atoms with Crippen LogP contribution in [0.15, 0.2) is 54.4 Å². The summed E-state index contributed by atoms with van der Waals surface area (Å²) in [5, 5.41) is 10.2. The molecule has 154 valence electrons. The fourth-order valence-electron chi connectivity index (χ4n) is 3.64. The highest BCUT2D eigenvalue weighted by Gasteiger charge is 2.21. The van der Waals surface area contributed by atoms with Crippen LogP contribution in [0.1, 0.15) is 22.6 Å². The Labute approximate surface area is 179 Å². The van der Waals surface area contributed by atoms with E-state index in [4.69, 9.17) is 0 Å². The number of hydrogen-bond acceptors (Lipinski definition) is 5. The summed E-state index contributed by atoms with van der Waals surface area (Å²) in [5.74, 6) is -0.366. The molecule has 4 rings (SSSR count). The minimum absolute atomic E-state index is 0.111. The van der Waals surface area contributed by atoms with E-state index in [1.54, 1.807) is 0 Å². The Kier molecular flexibility index (Phi) is 5.92. The molecule has 1 aromatic heterocycles. The number of nitrogens with one attached hydrogen (secondary N) is 2. The third-order valence-electron chi connectivity index (χ3n) is 5.37. The van der Waals surface area contributed by atoms with Crippen molar-refractivity contribution in [3.63, 3.8) is 0 Å². The summed E-state index contributed by atoms with van der Waals surface area (Å²) in [7, 11) is 2.10. The first kappa shape index (κ1) is 20.3. The van der Waals surface area contributed by atoms with Gasteiger partial charge in [0.1, 0.15) is 0 Å². The number of nitrogens with zero attached hydrogens (tertiary/aromatic N) is 2. The molecule has 1 aliphatic rings. The lowest BCUT2D eigenvalue weighted by molar-refractivity contribution is -0.111. The minimum Gasteiger partial charge on any atom is -0.347 e. The summed E-state index contributed by atoms with van der Waals surface area (Å²) in [6, 6.07) is 11.9. The van der Waals surface area contributed by atoms with E-state index in [1.807, 2.05) is 41.8 Å². The molecule has 0 radical (unpaired) electrons. The van der Waals surface area contributed by atoms with Crippen molar-refractivity contribution in [1.82, 2.24) is 15.2 Å². The van der Waals surface area contributed by atoms with Crippen molar-refractivity contribution in [1.29, 1.82) is 0 Å². The van der Waals surface area contributed by atoms with Gasteiger partial charge in [-0.1, -0.05) is 30.8 Å². The van der Waals surface area contributed by atoms with Gasteiger partial charge in [-0.3, -0.25) is 9.59 Å². The maximum absolute atomic E-state index is 12.6. The van der Waals surface area contributed by atoms with Gasteiger partial charge in [0.25, 0.3) is 5.91 Å². The van der Waals surface area contributed by atoms with Crippen LogP contribution in [0.3, 0.4) is 0 Å². The first-order chi connectivity index (χ1) is 14.5. The lowest BCUT2D eigenvalue weighted by Crippen LogP contribution is -2.43. The molecule has 0 spiro atoms. The van der Waals surface area contributed by atoms with E-state index in [2.05, 4.69) is 34.1 Å². The number of carbonyl (C=O) groups excluding carboxylic acids is 2. The Morgan fingerprint density at radius 1 is 1.23 bits per heavy atom. The van der Waals surface area contributed by atoms with Gasteiger partial charge in [0.2, 0.25) is 5.91 Å². The number of benzene rings is 2. The van der Waals surface area contributed by atoms with Crippen molar-refractivity contribution in [2.75, 3.05) is 25.5 Å². The maximum Gasteiger partial charge on any atom is 0.280 e. The Morgan fingerprint density at radius 2 is 2.03 bits per heavy atom. The Hall–Kier alpha value is -3.03. The third-order valence-corrected chi connectivity index (χ3v) is 6.21. The number of anilines is 1. The maximum atomic E-state index is 12.6. The molecule has 6 nitrogen and oxygen atoms in total. The minimum atomic E-state index is -0.255. The second-order valence-electron chi connectivity index (χ2n) is 7.52. The number of piperidine rings is 1. The number of aromatic nitrogens is 1. The Morgan fingerprint density at radius 3 is 2.80 bits per heavy atom. The number of fused-ring (bicyclic) bond motifs is 1. The molecule has 0 atom stereocenters. The van der Waals surface area contributed by atoms with Gasteiger partial charge in [-0.2, -0.15) is 0 Å². The van der Waals surface area contributed by atoms with E-state index in [9.17, 15) is 9.59 Å². The number of hydrogen-bond donors (Lipinski definition) is 2. The van der Waals surface area contributed by atoms with E-state index in [0.29, 0.717) is 5.01 Å². The van der Waals surface area contributed by atoms with Crippen molar-refractivity contribution in [3.8, 4) is 11.3 Å². The fourth-order valence-corrected chi connectivity index (χ4v) is 4.36. The first-order valence-corrected chi connectivity index (χ1v) is 10.8. The van der Waals surface area contributed by atoms with Crippen LogP contribution >= 0.6 is 11.3 Å². The van der Waals surface area contributed by atoms with Gasteiger partial charge in [-0.25, -0.2) is 4.98 Å². The second kappa shape index (κ2) is 8.77. The number of rotatable bonds is 5. The molecule has 0 bridgehead atoms. The Balaban J connectivity index is 1.55. The topological polar surface area (TPSA) is 74.3 Å². The van der Waals surface area contributed by atoms with Crippen LogP contribution in [-0.4, -0.2) is 47.9 Å². The normalized spacial score (nSPS) is 15.1. The highest BCUT2D eigenvalue weighted by Crippen LogP contribution is 2.30. The number of thiazole rings is 1. The van der Waals surface area contributed by atoms with E-state index >= 15 is 0 Å². The molecule has 3 aromatic rings. The molecule has 2 aromatic carbocycles.